The number of fused-ring (bicyclic) bond motifs is 1. The van der Waals surface area contributed by atoms with Crippen LogP contribution in [0.3, 0.4) is 0 Å². The Morgan fingerprint density at radius 2 is 1.63 bits per heavy atom. The molecule has 3 aliphatic heterocycles. The van der Waals surface area contributed by atoms with Crippen molar-refractivity contribution in [3.05, 3.63) is 45.7 Å². The Hall–Kier alpha value is -3.79. The Balaban J connectivity index is 1.35. The number of benzene rings is 1. The standard InChI is InChI=1S/C56H90N4O16/c1-17-43-56(10,68)48(63)36(6)59(15)30-32(2)28-54(8,67)49(76-53-46(62)42(57(11)12)26-33(3)72-53)34(4)47(35(5)52(66)74-43)75-44-29-55(9,69-16)50(37(7)73-44)71-25-19-24-70-23-18-20-38-21-22-41-39(27-38)45(61)40(51(64)65)31-60(41)58(13)14/h21-22,27,31-37,42-44,46-50,53,62-63,67-68H,17,19,23-26,28-30H2,1-16H3,(H,64,65)/t32-,33-,34+,35-,36-,37+,42+,43-,44+,46-,47+,48-,49-,50+,53+,54-,55-,56-/m1/s1. The summed E-state index contributed by atoms with van der Waals surface area (Å²) in [5.41, 5.74) is -4.26. The number of hydrogen-bond acceptors (Lipinski definition) is 18. The first kappa shape index (κ1) is 63.0. The van der Waals surface area contributed by atoms with Crippen molar-refractivity contribution in [2.45, 2.75) is 192 Å². The Labute approximate surface area is 449 Å². The number of pyridine rings is 1. The van der Waals surface area contributed by atoms with Crippen molar-refractivity contribution in [1.29, 1.82) is 0 Å². The van der Waals surface area contributed by atoms with Gasteiger partial charge in [-0.3, -0.25) is 14.3 Å². The number of methoxy groups -OCH3 is 1. The largest absolute Gasteiger partial charge is 0.477 e. The van der Waals surface area contributed by atoms with Crippen LogP contribution in [0.15, 0.2) is 29.2 Å². The molecule has 5 N–H and O–H groups in total. The number of cyclic esters (lactones) is 1. The fourth-order valence-electron chi connectivity index (χ4n) is 11.5. The summed E-state index contributed by atoms with van der Waals surface area (Å²) in [5.74, 6) is 1.91. The minimum Gasteiger partial charge on any atom is -0.477 e. The fraction of sp³-hybridized carbons (Fsp3) is 0.768. The molecule has 5 rings (SSSR count). The number of aliphatic hydroxyl groups is 4. The van der Waals surface area contributed by atoms with Gasteiger partial charge >= 0.3 is 11.9 Å². The minimum atomic E-state index is -1.84. The van der Waals surface area contributed by atoms with Crippen molar-refractivity contribution >= 4 is 22.8 Å². The molecular formula is C56H90N4O16. The first-order chi connectivity index (χ1) is 35.5. The van der Waals surface area contributed by atoms with Gasteiger partial charge in [0.25, 0.3) is 0 Å². The van der Waals surface area contributed by atoms with Crippen LogP contribution in [0.2, 0.25) is 0 Å². The number of carboxylic acid groups (broad SMARTS) is 1. The van der Waals surface area contributed by atoms with Crippen molar-refractivity contribution in [3.8, 4) is 11.8 Å². The number of rotatable bonds is 15. The predicted molar refractivity (Wildman–Crippen MR) is 285 cm³/mol. The summed E-state index contributed by atoms with van der Waals surface area (Å²) in [6, 6.07) is 4.19. The summed E-state index contributed by atoms with van der Waals surface area (Å²) >= 11 is 0. The highest BCUT2D eigenvalue weighted by Crippen LogP contribution is 2.41. The number of aliphatic hydroxyl groups excluding tert-OH is 2. The minimum absolute atomic E-state index is 0.0969. The highest BCUT2D eigenvalue weighted by atomic mass is 16.7. The quantitative estimate of drug-likeness (QED) is 0.0973. The maximum atomic E-state index is 14.6. The number of likely N-dealkylation sites (N-methyl/N-ethyl adjacent to an activating group) is 2. The smallest absolute Gasteiger partial charge is 0.341 e. The van der Waals surface area contributed by atoms with Gasteiger partial charge in [-0.2, -0.15) is 0 Å². The van der Waals surface area contributed by atoms with Crippen molar-refractivity contribution in [3.63, 3.8) is 0 Å². The van der Waals surface area contributed by atoms with E-state index in [4.69, 9.17) is 37.9 Å². The number of hydrogen-bond donors (Lipinski definition) is 5. The van der Waals surface area contributed by atoms with E-state index in [0.29, 0.717) is 37.1 Å². The third-order valence-corrected chi connectivity index (χ3v) is 15.9. The molecule has 3 fully saturated rings. The highest BCUT2D eigenvalue weighted by molar-refractivity contribution is 5.93. The molecule has 430 valence electrons. The van der Waals surface area contributed by atoms with E-state index < -0.39 is 107 Å². The monoisotopic (exact) mass is 1070 g/mol. The third kappa shape index (κ3) is 14.7. The van der Waals surface area contributed by atoms with Crippen LogP contribution >= 0.6 is 0 Å². The van der Waals surface area contributed by atoms with Crippen LogP contribution in [0.5, 0.6) is 0 Å². The first-order valence-corrected chi connectivity index (χ1v) is 26.8. The second-order valence-corrected chi connectivity index (χ2v) is 22.8. The Bertz CT molecular complexity index is 2370. The van der Waals surface area contributed by atoms with Gasteiger partial charge in [-0.25, -0.2) is 4.79 Å². The highest BCUT2D eigenvalue weighted by Gasteiger charge is 2.53. The summed E-state index contributed by atoms with van der Waals surface area (Å²) in [5, 5.41) is 59.6. The van der Waals surface area contributed by atoms with Gasteiger partial charge in [0.2, 0.25) is 5.43 Å². The molecule has 0 radical (unpaired) electrons. The summed E-state index contributed by atoms with van der Waals surface area (Å²) < 4.78 is 52.8. The average Bonchev–Trinajstić information content (AvgIpc) is 3.34. The lowest BCUT2D eigenvalue weighted by Gasteiger charge is -2.49. The SMILES string of the molecule is CC[C@H]1OC(=O)[C@H](C)[C@@H](O[C@H]2C[C@@](C)(OC)[C@@H](OCCCOCC#Cc3ccc4c(c3)c(=O)c(C(=O)O)cn4N(C)C)[C@H](C)O2)[C@H](C)[C@@H](O[C@@H]2O[C@H](C)C[C@H](N(C)C)[C@H]2O)[C@](C)(O)C[C@@H](C)CN(C)[C@H](C)[C@@H](O)[C@]1(C)O. The molecule has 20 nitrogen and oxygen atoms in total. The molecule has 0 amide bonds. The molecule has 18 atom stereocenters. The predicted octanol–water partition coefficient (Wildman–Crippen LogP) is 3.59. The van der Waals surface area contributed by atoms with Crippen LogP contribution in [-0.2, 0) is 42.7 Å². The number of ether oxygens (including phenoxy) is 8. The molecule has 0 spiro atoms. The van der Waals surface area contributed by atoms with Crippen molar-refractivity contribution < 1.29 is 73.0 Å². The van der Waals surface area contributed by atoms with E-state index in [9.17, 15) is 39.9 Å². The lowest BCUT2D eigenvalue weighted by Crippen LogP contribution is -2.61. The fourth-order valence-corrected chi connectivity index (χ4v) is 11.5. The zero-order valence-electron chi connectivity index (χ0n) is 47.8. The molecule has 0 bridgehead atoms. The van der Waals surface area contributed by atoms with Gasteiger partial charge in [0.05, 0.1) is 53.7 Å². The van der Waals surface area contributed by atoms with Crippen molar-refractivity contribution in [1.82, 2.24) is 14.5 Å². The Morgan fingerprint density at radius 3 is 2.25 bits per heavy atom. The summed E-state index contributed by atoms with van der Waals surface area (Å²) in [7, 11) is 10.7. The molecule has 20 heteroatoms. The van der Waals surface area contributed by atoms with Crippen LogP contribution in [0, 0.1) is 29.6 Å². The summed E-state index contributed by atoms with van der Waals surface area (Å²) in [4.78, 5) is 43.2. The number of aromatic nitrogens is 1. The normalized spacial score (nSPS) is 37.4. The zero-order chi connectivity index (χ0) is 56.8. The summed E-state index contributed by atoms with van der Waals surface area (Å²) in [6.45, 7) is 19.0. The molecule has 4 heterocycles. The second-order valence-electron chi connectivity index (χ2n) is 22.8. The second kappa shape index (κ2) is 26.4. The number of nitrogens with zero attached hydrogens (tertiary/aromatic N) is 4. The van der Waals surface area contributed by atoms with Gasteiger partial charge in [0, 0.05) is 75.9 Å². The van der Waals surface area contributed by atoms with Crippen LogP contribution in [0.4, 0.5) is 0 Å². The van der Waals surface area contributed by atoms with E-state index in [1.165, 1.54) is 13.1 Å². The van der Waals surface area contributed by atoms with E-state index in [1.54, 1.807) is 76.8 Å². The molecule has 2 aromatic rings. The Morgan fingerprint density at radius 1 is 0.947 bits per heavy atom. The number of aromatic carboxylic acids is 1. The summed E-state index contributed by atoms with van der Waals surface area (Å²) in [6.07, 6.45) is -6.30. The van der Waals surface area contributed by atoms with Crippen LogP contribution in [0.25, 0.3) is 10.9 Å². The topological polar surface area (TPSA) is 241 Å². The van der Waals surface area contributed by atoms with E-state index in [-0.39, 0.29) is 61.5 Å². The van der Waals surface area contributed by atoms with Gasteiger partial charge in [-0.05, 0) is 119 Å². The maximum absolute atomic E-state index is 14.6. The average molecular weight is 1080 g/mol. The van der Waals surface area contributed by atoms with Crippen molar-refractivity contribution in [2.24, 2.45) is 17.8 Å². The van der Waals surface area contributed by atoms with Crippen LogP contribution < -0.4 is 10.4 Å². The first-order valence-electron chi connectivity index (χ1n) is 26.8. The van der Waals surface area contributed by atoms with Crippen LogP contribution in [0.1, 0.15) is 117 Å². The van der Waals surface area contributed by atoms with Gasteiger partial charge < -0.3 is 78.2 Å². The third-order valence-electron chi connectivity index (χ3n) is 15.9. The molecule has 1 aromatic heterocycles. The van der Waals surface area contributed by atoms with Gasteiger partial charge in [0.1, 0.15) is 42.2 Å². The van der Waals surface area contributed by atoms with Gasteiger partial charge in [-0.15, -0.1) is 0 Å². The van der Waals surface area contributed by atoms with Gasteiger partial charge in [-0.1, -0.05) is 32.6 Å². The van der Waals surface area contributed by atoms with Crippen LogP contribution in [-0.4, -0.2) is 211 Å². The molecule has 1 aromatic carbocycles. The number of carbonyl (C=O) groups excluding carboxylic acids is 1. The maximum Gasteiger partial charge on any atom is 0.341 e. The van der Waals surface area contributed by atoms with E-state index in [0.717, 1.165) is 0 Å². The van der Waals surface area contributed by atoms with Gasteiger partial charge in [0.15, 0.2) is 12.6 Å². The van der Waals surface area contributed by atoms with E-state index in [1.807, 2.05) is 65.6 Å². The number of carboxylic acids is 1. The molecule has 3 aliphatic rings. The molecular weight excluding hydrogens is 985 g/mol. The molecule has 3 saturated heterocycles. The number of carbonyl (C=O) groups is 2. The zero-order valence-corrected chi connectivity index (χ0v) is 47.8. The Kier molecular flexibility index (Phi) is 21.9. The molecule has 76 heavy (non-hydrogen) atoms. The van der Waals surface area contributed by atoms with E-state index in [2.05, 4.69) is 11.8 Å². The lowest BCUT2D eigenvalue weighted by atomic mass is 9.77. The van der Waals surface area contributed by atoms with E-state index >= 15 is 0 Å². The lowest BCUT2D eigenvalue weighted by molar-refractivity contribution is -0.320. The van der Waals surface area contributed by atoms with Crippen molar-refractivity contribution in [2.75, 3.05) is 73.7 Å². The molecule has 0 unspecified atom stereocenters. The molecule has 0 aliphatic carbocycles. The molecule has 0 saturated carbocycles. The number of esters is 1.